The van der Waals surface area contributed by atoms with Crippen molar-refractivity contribution in [2.75, 3.05) is 46.3 Å². The number of aliphatic hydroxyl groups is 2. The van der Waals surface area contributed by atoms with Crippen LogP contribution in [0.2, 0.25) is 0 Å². The second-order valence-electron chi connectivity index (χ2n) is 5.88. The number of hydrogen-bond acceptors (Lipinski definition) is 11. The lowest BCUT2D eigenvalue weighted by molar-refractivity contribution is -0.870. The molecular formula is C14H27N4O11P2+. The maximum atomic E-state index is 12.5. The molecule has 0 amide bonds. The van der Waals surface area contributed by atoms with E-state index in [1.165, 1.54) is 0 Å². The maximum Gasteiger partial charge on any atom is 0.481 e. The van der Waals surface area contributed by atoms with Crippen LogP contribution in [0.25, 0.3) is 0 Å². The van der Waals surface area contributed by atoms with Crippen molar-refractivity contribution in [2.24, 2.45) is 0 Å². The number of ether oxygens (including phenoxy) is 1. The van der Waals surface area contributed by atoms with Crippen LogP contribution in [0.4, 0.5) is 5.82 Å². The fourth-order valence-corrected chi connectivity index (χ4v) is 4.06. The summed E-state index contributed by atoms with van der Waals surface area (Å²) in [6, 6.07) is 1.13. The molecule has 0 aliphatic carbocycles. The van der Waals surface area contributed by atoms with Gasteiger partial charge < -0.3 is 35.0 Å². The van der Waals surface area contributed by atoms with Crippen LogP contribution in [-0.2, 0) is 27.2 Å². The zero-order chi connectivity index (χ0) is 34.7. The Balaban J connectivity index is 2.29. The van der Waals surface area contributed by atoms with Gasteiger partial charge in [-0.1, -0.05) is 0 Å². The van der Waals surface area contributed by atoms with Crippen molar-refractivity contribution in [3.05, 3.63) is 22.7 Å². The fourth-order valence-electron chi connectivity index (χ4n) is 2.20. The second kappa shape index (κ2) is 9.73. The second-order valence-corrected chi connectivity index (χ2v) is 8.85. The number of aromatic nitrogens is 2. The van der Waals surface area contributed by atoms with Crippen LogP contribution < -0.4 is 11.4 Å². The number of hydrogen-bond donors (Lipinski definition) is 5. The van der Waals surface area contributed by atoms with Crippen LogP contribution in [0.5, 0.6) is 0 Å². The van der Waals surface area contributed by atoms with Gasteiger partial charge in [-0.15, -0.1) is 0 Å². The molecule has 2 unspecified atom stereocenters. The minimum Gasteiger partial charge on any atom is -0.387 e. The molecule has 15 nitrogen and oxygen atoms in total. The van der Waals surface area contributed by atoms with Crippen molar-refractivity contribution in [3.63, 3.8) is 0 Å². The molecule has 178 valence electrons. The van der Waals surface area contributed by atoms with Crippen molar-refractivity contribution >= 4 is 21.5 Å². The number of rotatable bonds is 10. The van der Waals surface area contributed by atoms with Crippen molar-refractivity contribution in [2.45, 2.75) is 24.5 Å². The normalized spacial score (nSPS) is 36.6. The van der Waals surface area contributed by atoms with E-state index in [4.69, 9.17) is 28.3 Å². The predicted molar refractivity (Wildman–Crippen MR) is 104 cm³/mol. The zero-order valence-corrected chi connectivity index (χ0v) is 16.9. The summed E-state index contributed by atoms with van der Waals surface area (Å²) in [6.07, 6.45) is -6.18. The SMILES string of the molecule is [2H]C([2H])(OP(=O)(O)OP(=O)(O)OC[C@H]1O[C@@H](n2ccc(N)nc2=O)[C@H](O)[C@@H]1O)[13C]([2H])([2H])[N+](C([2H])([2H])[2H])(C([2H])([2H])[2H])C([2H])([2H])[2H]. The molecule has 2 heterocycles. The number of quaternary nitrogens is 1. The molecule has 1 aromatic rings. The summed E-state index contributed by atoms with van der Waals surface area (Å²) < 4.78 is 138. The lowest BCUT2D eigenvalue weighted by Crippen LogP contribution is -2.37. The Hall–Kier alpha value is -1.22. The average Bonchev–Trinajstić information content (AvgIpc) is 3.01. The van der Waals surface area contributed by atoms with E-state index in [0.29, 0.717) is 4.57 Å². The Morgan fingerprint density at radius 2 is 1.94 bits per heavy atom. The Morgan fingerprint density at radius 1 is 1.29 bits per heavy atom. The van der Waals surface area contributed by atoms with Gasteiger partial charge in [-0.2, -0.15) is 9.29 Å². The molecule has 17 heteroatoms. The maximum absolute atomic E-state index is 12.5. The van der Waals surface area contributed by atoms with Gasteiger partial charge in [-0.05, 0) is 6.07 Å². The Labute approximate surface area is 195 Å². The summed E-state index contributed by atoms with van der Waals surface area (Å²) in [5.41, 5.74) is 4.32. The Bertz CT molecular complexity index is 1340. The number of phosphoric acid groups is 2. The van der Waals surface area contributed by atoms with Gasteiger partial charge in [0.15, 0.2) is 6.23 Å². The standard InChI is InChI=1S/C14H26N4O11P2/c1-18(2,3)6-7-26-30(22,23)29-31(24,25)27-8-9-11(19)12(20)13(28-9)17-5-4-10(15)16-14(17)21/h4-5,9,11-13,19-20H,6-8H2,1-3H3,(H3-,15,16,21,22,23,24,25)/p+1/t9-,11-,12-,13-/m1/s1/i1D3,2D3,3D3,6+1D2,7D2. The largest absolute Gasteiger partial charge is 0.481 e. The van der Waals surface area contributed by atoms with E-state index in [-0.39, 0.29) is 5.82 Å². The highest BCUT2D eigenvalue weighted by molar-refractivity contribution is 7.61. The van der Waals surface area contributed by atoms with Crippen LogP contribution in [0, 0.1) is 0 Å². The first-order chi connectivity index (χ1) is 19.4. The topological polar surface area (TPSA) is 213 Å². The van der Waals surface area contributed by atoms with E-state index in [0.717, 1.165) is 12.3 Å². The smallest absolute Gasteiger partial charge is 0.387 e. The number of likely N-dealkylation sites (N-methyl/N-ethyl adjacent to an activating group) is 1. The molecule has 1 saturated heterocycles. The minimum absolute atomic E-state index is 0.203. The molecule has 0 aromatic carbocycles. The third-order valence-corrected chi connectivity index (χ3v) is 5.89. The third-order valence-electron chi connectivity index (χ3n) is 3.45. The molecule has 2 rings (SSSR count). The monoisotopic (exact) mass is 503 g/mol. The van der Waals surface area contributed by atoms with Crippen LogP contribution >= 0.6 is 15.6 Å². The third kappa shape index (κ3) is 7.70. The van der Waals surface area contributed by atoms with Crippen molar-refractivity contribution < 1.29 is 69.5 Å². The van der Waals surface area contributed by atoms with Crippen molar-refractivity contribution in [3.8, 4) is 0 Å². The minimum atomic E-state index is -6.45. The zero-order valence-electron chi connectivity index (χ0n) is 28.1. The highest BCUT2D eigenvalue weighted by atomic mass is 31.3. The number of nitrogens with zero attached hydrogens (tertiary/aromatic N) is 3. The average molecular weight is 503 g/mol. The van der Waals surface area contributed by atoms with E-state index >= 15 is 0 Å². The van der Waals surface area contributed by atoms with Gasteiger partial charge in [0.25, 0.3) is 0 Å². The van der Waals surface area contributed by atoms with Gasteiger partial charge in [0.2, 0.25) is 0 Å². The lowest BCUT2D eigenvalue weighted by atomic mass is 10.1. The van der Waals surface area contributed by atoms with Gasteiger partial charge in [0, 0.05) is 6.20 Å². The predicted octanol–water partition coefficient (Wildman–Crippen LogP) is -1.60. The molecule has 0 bridgehead atoms. The van der Waals surface area contributed by atoms with Gasteiger partial charge in [-0.3, -0.25) is 13.6 Å². The highest BCUT2D eigenvalue weighted by Gasteiger charge is 2.46. The first kappa shape index (κ1) is 12.9. The van der Waals surface area contributed by atoms with E-state index in [2.05, 4.69) is 18.3 Å². The fraction of sp³-hybridized carbons (Fsp3) is 0.714. The molecule has 0 spiro atoms. The van der Waals surface area contributed by atoms with Gasteiger partial charge in [0.1, 0.15) is 37.2 Å². The Kier molecular flexibility index (Phi) is 4.04. The first-order valence-corrected chi connectivity index (χ1v) is 10.8. The summed E-state index contributed by atoms with van der Waals surface area (Å²) in [5.74, 6) is -0.203. The van der Waals surface area contributed by atoms with E-state index in [1.807, 2.05) is 0 Å². The molecule has 1 fully saturated rings. The summed E-state index contributed by atoms with van der Waals surface area (Å²) in [5, 5.41) is 20.4. The Morgan fingerprint density at radius 3 is 2.55 bits per heavy atom. The molecule has 0 saturated carbocycles. The summed E-state index contributed by atoms with van der Waals surface area (Å²) >= 11 is 0. The van der Waals surface area contributed by atoms with E-state index in [9.17, 15) is 33.9 Å². The van der Waals surface area contributed by atoms with Crippen LogP contribution in [0.1, 0.15) is 24.0 Å². The highest BCUT2D eigenvalue weighted by Crippen LogP contribution is 2.60. The van der Waals surface area contributed by atoms with E-state index in [1.54, 1.807) is 0 Å². The van der Waals surface area contributed by atoms with Crippen molar-refractivity contribution in [1.82, 2.24) is 9.55 Å². The summed E-state index contributed by atoms with van der Waals surface area (Å²) in [6.45, 7) is -23.9. The van der Waals surface area contributed by atoms with Crippen LogP contribution in [-0.4, -0.2) is 92.9 Å². The molecule has 31 heavy (non-hydrogen) atoms. The number of anilines is 1. The van der Waals surface area contributed by atoms with Crippen LogP contribution in [0.15, 0.2) is 17.1 Å². The number of aliphatic hydroxyl groups excluding tert-OH is 2. The van der Waals surface area contributed by atoms with Crippen molar-refractivity contribution in [1.29, 1.82) is 0 Å². The molecule has 6 N–H and O–H groups in total. The number of nitrogen functional groups attached to an aromatic ring is 1. The number of phosphoric ester groups is 2. The lowest BCUT2D eigenvalue weighted by Gasteiger charge is -2.24. The molecule has 6 atom stereocenters. The summed E-state index contributed by atoms with van der Waals surface area (Å²) in [4.78, 5) is 35.2. The number of nitrogens with two attached hydrogens (primary N) is 1. The molecule has 1 aliphatic heterocycles. The van der Waals surface area contributed by atoms with Crippen LogP contribution in [0.3, 0.4) is 0 Å². The molecular weight excluding hydrogens is 463 g/mol. The van der Waals surface area contributed by atoms with Gasteiger partial charge in [0.05, 0.1) is 45.4 Å². The quantitative estimate of drug-likeness (QED) is 0.138. The summed E-state index contributed by atoms with van der Waals surface area (Å²) in [7, 11) is -12.4. The molecule has 1 aliphatic rings. The van der Waals surface area contributed by atoms with E-state index < -0.39 is 90.9 Å². The molecule has 0 radical (unpaired) electrons. The van der Waals surface area contributed by atoms with Gasteiger partial charge >= 0.3 is 21.3 Å². The molecule has 1 aromatic heterocycles. The first-order valence-electron chi connectivity index (χ1n) is 14.3. The van der Waals surface area contributed by atoms with Gasteiger partial charge in [-0.25, -0.2) is 13.9 Å².